The lowest BCUT2D eigenvalue weighted by Gasteiger charge is -2.26. The van der Waals surface area contributed by atoms with Gasteiger partial charge in [0.25, 0.3) is 0 Å². The molecule has 3 heterocycles. The van der Waals surface area contributed by atoms with Gasteiger partial charge in [-0.1, -0.05) is 27.7 Å². The van der Waals surface area contributed by atoms with Crippen LogP contribution in [0.3, 0.4) is 0 Å². The van der Waals surface area contributed by atoms with Gasteiger partial charge in [0.1, 0.15) is 12.0 Å². The summed E-state index contributed by atoms with van der Waals surface area (Å²) in [5.74, 6) is 1.87. The molecular formula is C23H38N8O. The molecule has 2 aromatic heterocycles. The van der Waals surface area contributed by atoms with Crippen LogP contribution < -0.4 is 10.6 Å². The van der Waals surface area contributed by atoms with Gasteiger partial charge in [0.2, 0.25) is 11.9 Å². The van der Waals surface area contributed by atoms with Crippen LogP contribution in [0.2, 0.25) is 0 Å². The van der Waals surface area contributed by atoms with Crippen molar-refractivity contribution in [3.8, 4) is 0 Å². The number of aromatic nitrogens is 4. The van der Waals surface area contributed by atoms with Gasteiger partial charge in [-0.2, -0.15) is 10.2 Å². The standard InChI is InChI=1S/C23H38N8O/c1-13(2)18-10-20(31(27-18)16(7)8)26-23-24-11-21(30(23)17(9)32)25-19-12-29(15(5)6)28-22(19)14(3)4/h10,12-16,21,25H,11H2,1-9H3,(H,24,26). The van der Waals surface area contributed by atoms with E-state index in [1.54, 1.807) is 11.8 Å². The molecule has 1 amide bonds. The second-order valence-corrected chi connectivity index (χ2v) is 9.64. The van der Waals surface area contributed by atoms with E-state index < -0.39 is 0 Å². The first kappa shape index (κ1) is 23.8. The summed E-state index contributed by atoms with van der Waals surface area (Å²) >= 11 is 0. The third-order valence-corrected chi connectivity index (χ3v) is 5.53. The maximum Gasteiger partial charge on any atom is 0.227 e. The predicted molar refractivity (Wildman–Crippen MR) is 129 cm³/mol. The first-order valence-electron chi connectivity index (χ1n) is 11.6. The Bertz CT molecular complexity index is 982. The quantitative estimate of drug-likeness (QED) is 0.656. The predicted octanol–water partition coefficient (Wildman–Crippen LogP) is 4.56. The van der Waals surface area contributed by atoms with E-state index in [4.69, 9.17) is 10.2 Å². The zero-order chi connectivity index (χ0) is 23.7. The van der Waals surface area contributed by atoms with Gasteiger partial charge < -0.3 is 10.6 Å². The number of guanidine groups is 1. The van der Waals surface area contributed by atoms with E-state index in [9.17, 15) is 4.79 Å². The summed E-state index contributed by atoms with van der Waals surface area (Å²) in [6, 6.07) is 2.48. The average Bonchev–Trinajstić information content (AvgIpc) is 3.39. The average molecular weight is 443 g/mol. The summed E-state index contributed by atoms with van der Waals surface area (Å²) in [5.41, 5.74) is 2.94. The van der Waals surface area contributed by atoms with E-state index in [2.05, 4.69) is 71.0 Å². The van der Waals surface area contributed by atoms with Crippen molar-refractivity contribution >= 4 is 23.4 Å². The molecule has 3 rings (SSSR count). The second kappa shape index (κ2) is 9.34. The van der Waals surface area contributed by atoms with Crippen molar-refractivity contribution in [3.05, 3.63) is 23.7 Å². The molecular weight excluding hydrogens is 404 g/mol. The molecule has 0 fully saturated rings. The van der Waals surface area contributed by atoms with Crippen molar-refractivity contribution in [3.63, 3.8) is 0 Å². The molecule has 1 unspecified atom stereocenters. The minimum absolute atomic E-state index is 0.0757. The number of rotatable bonds is 7. The lowest BCUT2D eigenvalue weighted by Crippen LogP contribution is -2.47. The zero-order valence-corrected chi connectivity index (χ0v) is 20.8. The van der Waals surface area contributed by atoms with Gasteiger partial charge in [-0.25, -0.2) is 9.67 Å². The van der Waals surface area contributed by atoms with Crippen LogP contribution in [0.15, 0.2) is 17.3 Å². The van der Waals surface area contributed by atoms with Gasteiger partial charge in [0.15, 0.2) is 0 Å². The van der Waals surface area contributed by atoms with Crippen molar-refractivity contribution < 1.29 is 4.79 Å². The molecule has 0 spiro atoms. The van der Waals surface area contributed by atoms with Crippen LogP contribution >= 0.6 is 0 Å². The monoisotopic (exact) mass is 442 g/mol. The summed E-state index contributed by atoms with van der Waals surface area (Å²) in [6.45, 7) is 18.9. The third kappa shape index (κ3) is 4.81. The Morgan fingerprint density at radius 2 is 1.72 bits per heavy atom. The Balaban J connectivity index is 1.85. The Labute approximate surface area is 191 Å². The maximum atomic E-state index is 12.6. The normalized spacial score (nSPS) is 16.6. The highest BCUT2D eigenvalue weighted by molar-refractivity contribution is 6.05. The number of hydrogen-bond acceptors (Lipinski definition) is 6. The first-order valence-corrected chi connectivity index (χ1v) is 11.6. The lowest BCUT2D eigenvalue weighted by molar-refractivity contribution is -0.125. The summed E-state index contributed by atoms with van der Waals surface area (Å²) in [6.07, 6.45) is 1.74. The van der Waals surface area contributed by atoms with Crippen molar-refractivity contribution in [1.82, 2.24) is 24.5 Å². The summed E-state index contributed by atoms with van der Waals surface area (Å²) < 4.78 is 3.90. The summed E-state index contributed by atoms with van der Waals surface area (Å²) in [5, 5.41) is 16.4. The molecule has 0 radical (unpaired) electrons. The molecule has 1 aliphatic rings. The van der Waals surface area contributed by atoms with Crippen LogP contribution in [0.5, 0.6) is 0 Å². The molecule has 9 nitrogen and oxygen atoms in total. The number of anilines is 2. The number of nitrogens with zero attached hydrogens (tertiary/aromatic N) is 6. The highest BCUT2D eigenvalue weighted by Crippen LogP contribution is 2.27. The smallest absolute Gasteiger partial charge is 0.227 e. The Hall–Kier alpha value is -2.84. The fourth-order valence-electron chi connectivity index (χ4n) is 3.74. The first-order chi connectivity index (χ1) is 15.0. The topological polar surface area (TPSA) is 92.4 Å². The minimum Gasteiger partial charge on any atom is -0.360 e. The molecule has 176 valence electrons. The SMILES string of the molecule is CC(=O)N1C(Nc2cc(C(C)C)nn2C(C)C)=NCC1Nc1cn(C(C)C)nc1C(C)C. The number of amides is 1. The highest BCUT2D eigenvalue weighted by Gasteiger charge is 2.33. The molecule has 0 bridgehead atoms. The molecule has 1 aliphatic heterocycles. The Morgan fingerprint density at radius 3 is 2.25 bits per heavy atom. The number of nitrogens with one attached hydrogen (secondary N) is 2. The molecule has 2 N–H and O–H groups in total. The van der Waals surface area contributed by atoms with Crippen LogP contribution in [0.4, 0.5) is 11.5 Å². The fourth-order valence-corrected chi connectivity index (χ4v) is 3.74. The van der Waals surface area contributed by atoms with Crippen LogP contribution in [-0.4, -0.2) is 49.0 Å². The van der Waals surface area contributed by atoms with Gasteiger partial charge in [0.05, 0.1) is 23.6 Å². The minimum atomic E-state index is -0.280. The van der Waals surface area contributed by atoms with E-state index in [0.29, 0.717) is 18.4 Å². The molecule has 0 aromatic carbocycles. The van der Waals surface area contributed by atoms with Crippen molar-refractivity contribution in [1.29, 1.82) is 0 Å². The largest absolute Gasteiger partial charge is 0.360 e. The maximum absolute atomic E-state index is 12.6. The van der Waals surface area contributed by atoms with Gasteiger partial charge >= 0.3 is 0 Å². The Morgan fingerprint density at radius 1 is 1.03 bits per heavy atom. The summed E-state index contributed by atoms with van der Waals surface area (Å²) in [4.78, 5) is 19.0. The van der Waals surface area contributed by atoms with Gasteiger partial charge in [-0.15, -0.1) is 0 Å². The van der Waals surface area contributed by atoms with Crippen molar-refractivity contribution in [2.75, 3.05) is 17.2 Å². The molecule has 0 saturated carbocycles. The molecule has 9 heteroatoms. The van der Waals surface area contributed by atoms with E-state index in [1.807, 2.05) is 21.6 Å². The van der Waals surface area contributed by atoms with Gasteiger partial charge in [-0.05, 0) is 39.5 Å². The van der Waals surface area contributed by atoms with Crippen LogP contribution in [0.1, 0.15) is 97.6 Å². The number of carbonyl (C=O) groups excluding carboxylic acids is 1. The zero-order valence-electron chi connectivity index (χ0n) is 20.8. The number of aliphatic imine (C=N–C) groups is 1. The Kier molecular flexibility index (Phi) is 6.95. The lowest BCUT2D eigenvalue weighted by atomic mass is 10.1. The van der Waals surface area contributed by atoms with E-state index >= 15 is 0 Å². The highest BCUT2D eigenvalue weighted by atomic mass is 16.2. The molecule has 32 heavy (non-hydrogen) atoms. The fraction of sp³-hybridized carbons (Fsp3) is 0.652. The summed E-state index contributed by atoms with van der Waals surface area (Å²) in [7, 11) is 0. The second-order valence-electron chi connectivity index (χ2n) is 9.64. The van der Waals surface area contributed by atoms with E-state index in [1.165, 1.54) is 0 Å². The number of carbonyl (C=O) groups is 1. The van der Waals surface area contributed by atoms with Crippen molar-refractivity contribution in [2.45, 2.75) is 92.4 Å². The molecule has 0 aliphatic carbocycles. The van der Waals surface area contributed by atoms with Crippen molar-refractivity contribution in [2.24, 2.45) is 4.99 Å². The van der Waals surface area contributed by atoms with Crippen LogP contribution in [0, 0.1) is 0 Å². The molecule has 1 atom stereocenters. The number of hydrogen-bond donors (Lipinski definition) is 2. The van der Waals surface area contributed by atoms with Gasteiger partial charge in [-0.3, -0.25) is 14.4 Å². The van der Waals surface area contributed by atoms with E-state index in [0.717, 1.165) is 22.9 Å². The molecule has 2 aromatic rings. The van der Waals surface area contributed by atoms with Crippen LogP contribution in [0.25, 0.3) is 0 Å². The van der Waals surface area contributed by atoms with E-state index in [-0.39, 0.29) is 30.1 Å². The van der Waals surface area contributed by atoms with Gasteiger partial charge in [0, 0.05) is 31.3 Å². The third-order valence-electron chi connectivity index (χ3n) is 5.53. The molecule has 0 saturated heterocycles. The van der Waals surface area contributed by atoms with Crippen LogP contribution in [-0.2, 0) is 4.79 Å².